The normalized spacial score (nSPS) is 11.7. The molecule has 0 bridgehead atoms. The Kier molecular flexibility index (Phi) is 5.93. The summed E-state index contributed by atoms with van der Waals surface area (Å²) in [4.78, 5) is 18.4. The first-order valence-electron chi connectivity index (χ1n) is 8.91. The van der Waals surface area contributed by atoms with Gasteiger partial charge in [0, 0.05) is 12.6 Å². The standard InChI is InChI=1S/C21H23N3O4/c1-14-6-5-7-18(12-14)27-15(2)21(25)24(3)13-19-22-20(23-28-19)16-8-10-17(26-4)11-9-16/h5-12,15H,13H2,1-4H3/t15-/m1/s1. The van der Waals surface area contributed by atoms with Crippen LogP contribution in [0.1, 0.15) is 18.4 Å². The molecule has 0 unspecified atom stereocenters. The molecule has 1 atom stereocenters. The van der Waals surface area contributed by atoms with Crippen LogP contribution in [0.3, 0.4) is 0 Å². The minimum absolute atomic E-state index is 0.175. The third-order valence-electron chi connectivity index (χ3n) is 4.22. The fourth-order valence-electron chi connectivity index (χ4n) is 2.71. The number of methoxy groups -OCH3 is 1. The van der Waals surface area contributed by atoms with E-state index in [0.717, 1.165) is 16.9 Å². The van der Waals surface area contributed by atoms with E-state index in [0.29, 0.717) is 17.5 Å². The molecular formula is C21H23N3O4. The molecule has 0 saturated heterocycles. The van der Waals surface area contributed by atoms with E-state index in [-0.39, 0.29) is 12.5 Å². The van der Waals surface area contributed by atoms with E-state index in [1.54, 1.807) is 21.1 Å². The van der Waals surface area contributed by atoms with Crippen LogP contribution in [0.2, 0.25) is 0 Å². The number of hydrogen-bond donors (Lipinski definition) is 0. The number of carbonyl (C=O) groups excluding carboxylic acids is 1. The number of aromatic nitrogens is 2. The highest BCUT2D eigenvalue weighted by atomic mass is 16.5. The maximum Gasteiger partial charge on any atom is 0.263 e. The number of benzene rings is 2. The third-order valence-corrected chi connectivity index (χ3v) is 4.22. The predicted octanol–water partition coefficient (Wildman–Crippen LogP) is 3.48. The molecule has 7 nitrogen and oxygen atoms in total. The zero-order valence-corrected chi connectivity index (χ0v) is 16.4. The lowest BCUT2D eigenvalue weighted by Crippen LogP contribution is -2.37. The Morgan fingerprint density at radius 1 is 1.18 bits per heavy atom. The number of ether oxygens (including phenoxy) is 2. The summed E-state index contributed by atoms with van der Waals surface area (Å²) in [5, 5.41) is 3.98. The average Bonchev–Trinajstić information content (AvgIpc) is 3.15. The van der Waals surface area contributed by atoms with Crippen LogP contribution in [0.5, 0.6) is 11.5 Å². The van der Waals surface area contributed by atoms with Gasteiger partial charge in [-0.3, -0.25) is 4.79 Å². The van der Waals surface area contributed by atoms with Crippen molar-refractivity contribution < 1.29 is 18.8 Å². The van der Waals surface area contributed by atoms with Crippen LogP contribution in [0, 0.1) is 6.92 Å². The van der Waals surface area contributed by atoms with Crippen molar-refractivity contribution in [1.29, 1.82) is 0 Å². The summed E-state index contributed by atoms with van der Waals surface area (Å²) in [6.07, 6.45) is -0.629. The van der Waals surface area contributed by atoms with Crippen molar-refractivity contribution >= 4 is 5.91 Å². The highest BCUT2D eigenvalue weighted by Gasteiger charge is 2.21. The Labute approximate surface area is 163 Å². The van der Waals surface area contributed by atoms with Gasteiger partial charge in [-0.25, -0.2) is 0 Å². The molecule has 3 aromatic rings. The van der Waals surface area contributed by atoms with Crippen LogP contribution >= 0.6 is 0 Å². The number of aryl methyl sites for hydroxylation is 1. The number of amides is 1. The second kappa shape index (κ2) is 8.56. The smallest absolute Gasteiger partial charge is 0.263 e. The Hall–Kier alpha value is -3.35. The van der Waals surface area contributed by atoms with Crippen molar-refractivity contribution in [3.8, 4) is 22.9 Å². The van der Waals surface area contributed by atoms with Gasteiger partial charge in [-0.1, -0.05) is 17.3 Å². The molecule has 28 heavy (non-hydrogen) atoms. The van der Waals surface area contributed by atoms with Crippen LogP contribution in [0.4, 0.5) is 0 Å². The van der Waals surface area contributed by atoms with E-state index in [1.165, 1.54) is 4.90 Å². The van der Waals surface area contributed by atoms with E-state index in [9.17, 15) is 4.79 Å². The third kappa shape index (κ3) is 4.68. The van der Waals surface area contributed by atoms with E-state index in [4.69, 9.17) is 14.0 Å². The van der Waals surface area contributed by atoms with E-state index in [2.05, 4.69) is 10.1 Å². The second-order valence-corrected chi connectivity index (χ2v) is 6.51. The van der Waals surface area contributed by atoms with Crippen LogP contribution in [-0.2, 0) is 11.3 Å². The van der Waals surface area contributed by atoms with Gasteiger partial charge >= 0.3 is 0 Å². The molecule has 3 rings (SSSR count). The first-order valence-corrected chi connectivity index (χ1v) is 8.91. The lowest BCUT2D eigenvalue weighted by atomic mass is 10.2. The topological polar surface area (TPSA) is 77.7 Å². The zero-order chi connectivity index (χ0) is 20.1. The maximum absolute atomic E-state index is 12.6. The molecule has 0 aliphatic heterocycles. The van der Waals surface area contributed by atoms with Crippen molar-refractivity contribution in [2.45, 2.75) is 26.5 Å². The minimum Gasteiger partial charge on any atom is -0.497 e. The summed E-state index contributed by atoms with van der Waals surface area (Å²) in [7, 11) is 3.29. The van der Waals surface area contributed by atoms with Gasteiger partial charge in [-0.05, 0) is 55.8 Å². The largest absolute Gasteiger partial charge is 0.497 e. The summed E-state index contributed by atoms with van der Waals surface area (Å²) >= 11 is 0. The molecule has 0 spiro atoms. The highest BCUT2D eigenvalue weighted by molar-refractivity contribution is 5.80. The van der Waals surface area contributed by atoms with Crippen molar-refractivity contribution in [2.75, 3.05) is 14.2 Å². The summed E-state index contributed by atoms with van der Waals surface area (Å²) in [5.74, 6) is 2.05. The van der Waals surface area contributed by atoms with E-state index >= 15 is 0 Å². The quantitative estimate of drug-likeness (QED) is 0.624. The van der Waals surface area contributed by atoms with Gasteiger partial charge in [0.1, 0.15) is 11.5 Å². The molecule has 0 aliphatic carbocycles. The molecule has 1 heterocycles. The Morgan fingerprint density at radius 2 is 1.93 bits per heavy atom. The fourth-order valence-corrected chi connectivity index (χ4v) is 2.71. The number of likely N-dealkylation sites (N-methyl/N-ethyl adjacent to an activating group) is 1. The van der Waals surface area contributed by atoms with Crippen molar-refractivity contribution in [2.24, 2.45) is 0 Å². The van der Waals surface area contributed by atoms with Crippen LogP contribution in [0.15, 0.2) is 53.1 Å². The molecule has 0 N–H and O–H groups in total. The molecule has 0 saturated carbocycles. The monoisotopic (exact) mass is 381 g/mol. The van der Waals surface area contributed by atoms with Gasteiger partial charge in [0.15, 0.2) is 6.10 Å². The molecule has 0 radical (unpaired) electrons. The summed E-state index contributed by atoms with van der Waals surface area (Å²) in [6, 6.07) is 14.9. The number of rotatable bonds is 7. The Balaban J connectivity index is 1.61. The van der Waals surface area contributed by atoms with Gasteiger partial charge in [0.2, 0.25) is 11.7 Å². The lowest BCUT2D eigenvalue weighted by molar-refractivity contribution is -0.137. The van der Waals surface area contributed by atoms with Gasteiger partial charge in [-0.2, -0.15) is 4.98 Å². The van der Waals surface area contributed by atoms with Gasteiger partial charge in [0.05, 0.1) is 13.7 Å². The summed E-state index contributed by atoms with van der Waals surface area (Å²) in [6.45, 7) is 3.89. The van der Waals surface area contributed by atoms with Crippen LogP contribution in [-0.4, -0.2) is 41.2 Å². The minimum atomic E-state index is -0.629. The van der Waals surface area contributed by atoms with Gasteiger partial charge in [0.25, 0.3) is 5.91 Å². The van der Waals surface area contributed by atoms with Crippen molar-refractivity contribution in [1.82, 2.24) is 15.0 Å². The van der Waals surface area contributed by atoms with Crippen molar-refractivity contribution in [3.05, 3.63) is 60.0 Å². The van der Waals surface area contributed by atoms with Crippen LogP contribution < -0.4 is 9.47 Å². The molecular weight excluding hydrogens is 358 g/mol. The molecule has 7 heteroatoms. The first-order chi connectivity index (χ1) is 13.5. The van der Waals surface area contributed by atoms with E-state index in [1.807, 2.05) is 55.5 Å². The molecule has 1 aromatic heterocycles. The maximum atomic E-state index is 12.6. The SMILES string of the molecule is COc1ccc(-c2noc(CN(C)C(=O)[C@@H](C)Oc3cccc(C)c3)n2)cc1. The zero-order valence-electron chi connectivity index (χ0n) is 16.4. The highest BCUT2D eigenvalue weighted by Crippen LogP contribution is 2.20. The first kappa shape index (κ1) is 19.4. The fraction of sp³-hybridized carbons (Fsp3) is 0.286. The number of nitrogens with zero attached hydrogens (tertiary/aromatic N) is 3. The molecule has 1 amide bonds. The van der Waals surface area contributed by atoms with E-state index < -0.39 is 6.10 Å². The predicted molar refractivity (Wildman–Crippen MR) is 104 cm³/mol. The Morgan fingerprint density at radius 3 is 2.61 bits per heavy atom. The second-order valence-electron chi connectivity index (χ2n) is 6.51. The van der Waals surface area contributed by atoms with Gasteiger partial charge < -0.3 is 18.9 Å². The van der Waals surface area contributed by atoms with Gasteiger partial charge in [-0.15, -0.1) is 0 Å². The molecule has 2 aromatic carbocycles. The molecule has 0 aliphatic rings. The lowest BCUT2D eigenvalue weighted by Gasteiger charge is -2.20. The summed E-state index contributed by atoms with van der Waals surface area (Å²) in [5.41, 5.74) is 1.88. The van der Waals surface area contributed by atoms with Crippen LogP contribution in [0.25, 0.3) is 11.4 Å². The average molecular weight is 381 g/mol. The summed E-state index contributed by atoms with van der Waals surface area (Å²) < 4.78 is 16.2. The number of carbonyl (C=O) groups is 1. The molecule has 0 fully saturated rings. The Bertz CT molecular complexity index is 937. The van der Waals surface area contributed by atoms with Crippen molar-refractivity contribution in [3.63, 3.8) is 0 Å². The molecule has 146 valence electrons. The number of hydrogen-bond acceptors (Lipinski definition) is 6.